The van der Waals surface area contributed by atoms with E-state index < -0.39 is 0 Å². The monoisotopic (exact) mass is 342 g/mol. The molecule has 0 saturated carbocycles. The van der Waals surface area contributed by atoms with E-state index >= 15 is 0 Å². The standard InChI is InChI=1S/C16H24Cl2N4/c1-20-4-2-13(3-5-20)21-6-8-22(9-7-21)16-14(17)10-12(19)11-15(16)18/h10-11,13H,2-9,19H2,1H3. The van der Waals surface area contributed by atoms with Gasteiger partial charge in [0.15, 0.2) is 0 Å². The summed E-state index contributed by atoms with van der Waals surface area (Å²) in [5, 5.41) is 1.30. The molecule has 1 aromatic carbocycles. The molecule has 2 aliphatic rings. The third-order valence-corrected chi connectivity index (χ3v) is 5.45. The van der Waals surface area contributed by atoms with Crippen molar-refractivity contribution in [3.63, 3.8) is 0 Å². The number of nitrogens with zero attached hydrogens (tertiary/aromatic N) is 3. The average molecular weight is 343 g/mol. The number of piperazine rings is 1. The molecule has 6 heteroatoms. The second kappa shape index (κ2) is 6.83. The van der Waals surface area contributed by atoms with E-state index in [1.54, 1.807) is 12.1 Å². The molecule has 3 rings (SSSR count). The molecule has 0 amide bonds. The number of nitrogens with two attached hydrogens (primary N) is 1. The Hall–Kier alpha value is -0.680. The van der Waals surface area contributed by atoms with Gasteiger partial charge in [0.2, 0.25) is 0 Å². The highest BCUT2D eigenvalue weighted by atomic mass is 35.5. The second-order valence-corrected chi connectivity index (χ2v) is 7.21. The average Bonchev–Trinajstić information content (AvgIpc) is 2.48. The van der Waals surface area contributed by atoms with Crippen molar-refractivity contribution in [2.75, 3.05) is 56.9 Å². The molecule has 4 nitrogen and oxygen atoms in total. The molecule has 0 radical (unpaired) electrons. The molecule has 2 saturated heterocycles. The minimum atomic E-state index is 0.615. The third kappa shape index (κ3) is 3.46. The van der Waals surface area contributed by atoms with Crippen molar-refractivity contribution < 1.29 is 0 Å². The molecule has 22 heavy (non-hydrogen) atoms. The number of likely N-dealkylation sites (tertiary alicyclic amines) is 1. The van der Waals surface area contributed by atoms with E-state index in [1.165, 1.54) is 25.9 Å². The summed E-state index contributed by atoms with van der Waals surface area (Å²) in [7, 11) is 2.21. The van der Waals surface area contributed by atoms with Crippen LogP contribution in [0.1, 0.15) is 12.8 Å². The number of hydrogen-bond donors (Lipinski definition) is 1. The highest BCUT2D eigenvalue weighted by molar-refractivity contribution is 6.39. The van der Waals surface area contributed by atoms with Crippen molar-refractivity contribution in [2.24, 2.45) is 0 Å². The first-order chi connectivity index (χ1) is 10.5. The number of piperidine rings is 1. The van der Waals surface area contributed by atoms with Gasteiger partial charge in [0.1, 0.15) is 0 Å². The molecule has 2 heterocycles. The van der Waals surface area contributed by atoms with Crippen LogP contribution in [0, 0.1) is 0 Å². The molecule has 0 unspecified atom stereocenters. The first-order valence-electron chi connectivity index (χ1n) is 7.96. The minimum Gasteiger partial charge on any atom is -0.399 e. The van der Waals surface area contributed by atoms with Gasteiger partial charge < -0.3 is 15.5 Å². The first kappa shape index (κ1) is 16.2. The van der Waals surface area contributed by atoms with Crippen LogP contribution in [0.15, 0.2) is 12.1 Å². The van der Waals surface area contributed by atoms with Crippen LogP contribution in [0.25, 0.3) is 0 Å². The van der Waals surface area contributed by atoms with Crippen LogP contribution in [0.2, 0.25) is 10.0 Å². The van der Waals surface area contributed by atoms with Crippen LogP contribution < -0.4 is 10.6 Å². The Kier molecular flexibility index (Phi) is 5.03. The SMILES string of the molecule is CN1CCC(N2CCN(c3c(Cl)cc(N)cc3Cl)CC2)CC1. The molecular weight excluding hydrogens is 319 g/mol. The number of anilines is 2. The Morgan fingerprint density at radius 3 is 2.05 bits per heavy atom. The summed E-state index contributed by atoms with van der Waals surface area (Å²) in [6.07, 6.45) is 2.56. The summed E-state index contributed by atoms with van der Waals surface area (Å²) < 4.78 is 0. The van der Waals surface area contributed by atoms with Crippen LogP contribution in [-0.2, 0) is 0 Å². The summed E-state index contributed by atoms with van der Waals surface area (Å²) in [6.45, 7) is 6.50. The molecule has 0 atom stereocenters. The van der Waals surface area contributed by atoms with Crippen LogP contribution in [0.5, 0.6) is 0 Å². The molecule has 2 fully saturated rings. The van der Waals surface area contributed by atoms with Crippen LogP contribution >= 0.6 is 23.2 Å². The van der Waals surface area contributed by atoms with Gasteiger partial charge in [-0.1, -0.05) is 23.2 Å². The zero-order valence-electron chi connectivity index (χ0n) is 13.1. The van der Waals surface area contributed by atoms with Gasteiger partial charge in [-0.25, -0.2) is 0 Å². The van der Waals surface area contributed by atoms with E-state index in [-0.39, 0.29) is 0 Å². The number of benzene rings is 1. The van der Waals surface area contributed by atoms with Gasteiger partial charge in [-0.3, -0.25) is 4.90 Å². The van der Waals surface area contributed by atoms with Crippen LogP contribution in [0.3, 0.4) is 0 Å². The Balaban J connectivity index is 1.62. The lowest BCUT2D eigenvalue weighted by Crippen LogP contribution is -2.53. The van der Waals surface area contributed by atoms with Gasteiger partial charge >= 0.3 is 0 Å². The predicted octanol–water partition coefficient (Wildman–Crippen LogP) is 2.79. The second-order valence-electron chi connectivity index (χ2n) is 6.39. The van der Waals surface area contributed by atoms with Crippen LogP contribution in [0.4, 0.5) is 11.4 Å². The summed E-state index contributed by atoms with van der Waals surface area (Å²) in [6, 6.07) is 4.30. The molecular formula is C16H24Cl2N4. The summed E-state index contributed by atoms with van der Waals surface area (Å²) in [5.41, 5.74) is 7.33. The van der Waals surface area contributed by atoms with Crippen molar-refractivity contribution in [1.82, 2.24) is 9.80 Å². The number of hydrogen-bond acceptors (Lipinski definition) is 4. The molecule has 2 N–H and O–H groups in total. The summed E-state index contributed by atoms with van der Waals surface area (Å²) >= 11 is 12.7. The Morgan fingerprint density at radius 1 is 0.955 bits per heavy atom. The van der Waals surface area contributed by atoms with E-state index in [0.717, 1.165) is 37.9 Å². The molecule has 122 valence electrons. The highest BCUT2D eigenvalue weighted by Gasteiger charge is 2.27. The number of halogens is 2. The van der Waals surface area contributed by atoms with E-state index in [0.29, 0.717) is 15.7 Å². The number of rotatable bonds is 2. The van der Waals surface area contributed by atoms with Crippen molar-refractivity contribution in [3.8, 4) is 0 Å². The van der Waals surface area contributed by atoms with Gasteiger partial charge in [-0.2, -0.15) is 0 Å². The summed E-state index contributed by atoms with van der Waals surface area (Å²) in [5.74, 6) is 0. The molecule has 1 aromatic rings. The van der Waals surface area contributed by atoms with E-state index in [4.69, 9.17) is 28.9 Å². The smallest absolute Gasteiger partial charge is 0.0747 e. The Labute approximate surface area is 142 Å². The lowest BCUT2D eigenvalue weighted by Gasteiger charge is -2.43. The third-order valence-electron chi connectivity index (χ3n) is 4.87. The highest BCUT2D eigenvalue weighted by Crippen LogP contribution is 2.36. The fourth-order valence-electron chi connectivity index (χ4n) is 3.56. The predicted molar refractivity (Wildman–Crippen MR) is 95.2 cm³/mol. The lowest BCUT2D eigenvalue weighted by atomic mass is 10.0. The largest absolute Gasteiger partial charge is 0.399 e. The van der Waals surface area contributed by atoms with E-state index in [2.05, 4.69) is 21.7 Å². The molecule has 0 aromatic heterocycles. The fourth-order valence-corrected chi connectivity index (χ4v) is 4.30. The summed E-state index contributed by atoms with van der Waals surface area (Å²) in [4.78, 5) is 7.33. The molecule has 0 aliphatic carbocycles. The van der Waals surface area contributed by atoms with E-state index in [9.17, 15) is 0 Å². The molecule has 0 spiro atoms. The normalized spacial score (nSPS) is 22.2. The van der Waals surface area contributed by atoms with Crippen molar-refractivity contribution >= 4 is 34.6 Å². The van der Waals surface area contributed by atoms with Gasteiger partial charge in [-0.05, 0) is 45.1 Å². The lowest BCUT2D eigenvalue weighted by molar-refractivity contribution is 0.115. The van der Waals surface area contributed by atoms with Gasteiger partial charge in [-0.15, -0.1) is 0 Å². The minimum absolute atomic E-state index is 0.615. The quantitative estimate of drug-likeness (QED) is 0.838. The maximum atomic E-state index is 6.34. The maximum Gasteiger partial charge on any atom is 0.0747 e. The maximum absolute atomic E-state index is 6.34. The van der Waals surface area contributed by atoms with Crippen molar-refractivity contribution in [3.05, 3.63) is 22.2 Å². The van der Waals surface area contributed by atoms with Gasteiger partial charge in [0.05, 0.1) is 15.7 Å². The van der Waals surface area contributed by atoms with Gasteiger partial charge in [0, 0.05) is 37.9 Å². The topological polar surface area (TPSA) is 35.7 Å². The van der Waals surface area contributed by atoms with Crippen molar-refractivity contribution in [2.45, 2.75) is 18.9 Å². The Morgan fingerprint density at radius 2 is 1.50 bits per heavy atom. The molecule has 2 aliphatic heterocycles. The fraction of sp³-hybridized carbons (Fsp3) is 0.625. The van der Waals surface area contributed by atoms with E-state index in [1.807, 2.05) is 0 Å². The van der Waals surface area contributed by atoms with Crippen LogP contribution in [-0.4, -0.2) is 62.2 Å². The zero-order valence-corrected chi connectivity index (χ0v) is 14.6. The zero-order chi connectivity index (χ0) is 15.7. The van der Waals surface area contributed by atoms with Crippen molar-refractivity contribution in [1.29, 1.82) is 0 Å². The first-order valence-corrected chi connectivity index (χ1v) is 8.72. The molecule has 0 bridgehead atoms. The van der Waals surface area contributed by atoms with Gasteiger partial charge in [0.25, 0.3) is 0 Å². The Bertz CT molecular complexity index is 498. The number of nitrogen functional groups attached to an aromatic ring is 1.